The van der Waals surface area contributed by atoms with Crippen LogP contribution in [-0.2, 0) is 19.1 Å². The van der Waals surface area contributed by atoms with E-state index in [9.17, 15) is 9.59 Å². The van der Waals surface area contributed by atoms with Crippen molar-refractivity contribution in [3.8, 4) is 0 Å². The fraction of sp³-hybridized carbons (Fsp3) is 0.818. The Hall–Kier alpha value is -1.14. The minimum Gasteiger partial charge on any atom is -0.481 e. The molecule has 2 atom stereocenters. The molecule has 1 amide bonds. The van der Waals surface area contributed by atoms with Crippen molar-refractivity contribution >= 4 is 11.9 Å². The van der Waals surface area contributed by atoms with E-state index in [1.165, 1.54) is 0 Å². The summed E-state index contributed by atoms with van der Waals surface area (Å²) in [6.07, 6.45) is -0.712. The summed E-state index contributed by atoms with van der Waals surface area (Å²) >= 11 is 0. The van der Waals surface area contributed by atoms with Gasteiger partial charge >= 0.3 is 5.97 Å². The summed E-state index contributed by atoms with van der Waals surface area (Å²) in [5.41, 5.74) is 0. The first-order chi connectivity index (χ1) is 8.00. The zero-order valence-electron chi connectivity index (χ0n) is 10.1. The number of carbonyl (C=O) groups excluding carboxylic acids is 1. The molecule has 6 nitrogen and oxygen atoms in total. The Bertz CT molecular complexity index is 273. The molecule has 1 aliphatic rings. The molecule has 0 saturated carbocycles. The zero-order chi connectivity index (χ0) is 12.8. The monoisotopic (exact) mass is 245 g/mol. The standard InChI is InChI=1S/C11H19NO5/c1-7(2)8(5-10(13)14)12-11(15)9-6-16-3-4-17-9/h7-9H,3-6H2,1-2H3,(H,12,15)(H,13,14). The molecule has 1 saturated heterocycles. The zero-order valence-corrected chi connectivity index (χ0v) is 10.1. The van der Waals surface area contributed by atoms with Crippen molar-refractivity contribution in [3.05, 3.63) is 0 Å². The number of nitrogens with one attached hydrogen (secondary N) is 1. The topological polar surface area (TPSA) is 84.9 Å². The van der Waals surface area contributed by atoms with Crippen molar-refractivity contribution < 1.29 is 24.2 Å². The third kappa shape index (κ3) is 4.70. The van der Waals surface area contributed by atoms with Crippen LogP contribution in [-0.4, -0.2) is 48.9 Å². The highest BCUT2D eigenvalue weighted by Gasteiger charge is 2.26. The molecule has 2 N–H and O–H groups in total. The van der Waals surface area contributed by atoms with E-state index in [1.54, 1.807) is 0 Å². The Morgan fingerprint density at radius 2 is 2.12 bits per heavy atom. The van der Waals surface area contributed by atoms with Gasteiger partial charge in [-0.15, -0.1) is 0 Å². The minimum absolute atomic E-state index is 0.0551. The van der Waals surface area contributed by atoms with E-state index < -0.39 is 12.1 Å². The number of hydrogen-bond acceptors (Lipinski definition) is 4. The van der Waals surface area contributed by atoms with Crippen LogP contribution in [0, 0.1) is 5.92 Å². The molecular formula is C11H19NO5. The van der Waals surface area contributed by atoms with Crippen LogP contribution in [0.4, 0.5) is 0 Å². The van der Waals surface area contributed by atoms with Gasteiger partial charge in [0.1, 0.15) is 0 Å². The summed E-state index contributed by atoms with van der Waals surface area (Å²) in [6, 6.07) is -0.384. The van der Waals surface area contributed by atoms with Gasteiger partial charge in [-0.05, 0) is 5.92 Å². The van der Waals surface area contributed by atoms with E-state index in [1.807, 2.05) is 13.8 Å². The Balaban J connectivity index is 2.47. The molecule has 0 aromatic carbocycles. The van der Waals surface area contributed by atoms with Crippen LogP contribution in [0.1, 0.15) is 20.3 Å². The lowest BCUT2D eigenvalue weighted by molar-refractivity contribution is -0.149. The quantitative estimate of drug-likeness (QED) is 0.713. The number of aliphatic carboxylic acids is 1. The van der Waals surface area contributed by atoms with Crippen LogP contribution in [0.25, 0.3) is 0 Å². The normalized spacial score (nSPS) is 22.2. The molecule has 17 heavy (non-hydrogen) atoms. The third-order valence-electron chi connectivity index (χ3n) is 2.64. The van der Waals surface area contributed by atoms with Crippen LogP contribution in [0.15, 0.2) is 0 Å². The van der Waals surface area contributed by atoms with Crippen LogP contribution < -0.4 is 5.32 Å². The van der Waals surface area contributed by atoms with E-state index in [0.29, 0.717) is 13.2 Å². The highest BCUT2D eigenvalue weighted by molar-refractivity contribution is 5.82. The molecule has 1 fully saturated rings. The Kier molecular flexibility index (Phi) is 5.37. The van der Waals surface area contributed by atoms with Gasteiger partial charge in [0.05, 0.1) is 26.2 Å². The summed E-state index contributed by atoms with van der Waals surface area (Å²) in [5.74, 6) is -1.17. The first-order valence-electron chi connectivity index (χ1n) is 5.72. The number of rotatable bonds is 5. The molecule has 0 bridgehead atoms. The molecule has 1 heterocycles. The van der Waals surface area contributed by atoms with Gasteiger partial charge in [-0.2, -0.15) is 0 Å². The van der Waals surface area contributed by atoms with Gasteiger partial charge in [-0.1, -0.05) is 13.8 Å². The van der Waals surface area contributed by atoms with E-state index in [-0.39, 0.29) is 30.9 Å². The number of carboxylic acids is 1. The molecule has 2 unspecified atom stereocenters. The van der Waals surface area contributed by atoms with E-state index in [4.69, 9.17) is 14.6 Å². The average molecular weight is 245 g/mol. The molecule has 98 valence electrons. The van der Waals surface area contributed by atoms with Gasteiger partial charge in [0.15, 0.2) is 6.10 Å². The second-order valence-electron chi connectivity index (χ2n) is 4.39. The highest BCUT2D eigenvalue weighted by Crippen LogP contribution is 2.08. The number of carboxylic acid groups (broad SMARTS) is 1. The SMILES string of the molecule is CC(C)C(CC(=O)O)NC(=O)C1COCCO1. The molecule has 0 spiro atoms. The van der Waals surface area contributed by atoms with E-state index in [2.05, 4.69) is 5.32 Å². The summed E-state index contributed by atoms with van der Waals surface area (Å²) in [4.78, 5) is 22.5. The number of amides is 1. The third-order valence-corrected chi connectivity index (χ3v) is 2.64. The van der Waals surface area contributed by atoms with Crippen molar-refractivity contribution in [2.75, 3.05) is 19.8 Å². The molecule has 0 aliphatic carbocycles. The summed E-state index contributed by atoms with van der Waals surface area (Å²) in [7, 11) is 0. The van der Waals surface area contributed by atoms with Crippen LogP contribution >= 0.6 is 0 Å². The lowest BCUT2D eigenvalue weighted by Crippen LogP contribution is -2.48. The minimum atomic E-state index is -0.926. The second kappa shape index (κ2) is 6.56. The predicted molar refractivity (Wildman–Crippen MR) is 59.6 cm³/mol. The van der Waals surface area contributed by atoms with Gasteiger partial charge in [-0.3, -0.25) is 9.59 Å². The second-order valence-corrected chi connectivity index (χ2v) is 4.39. The van der Waals surface area contributed by atoms with E-state index in [0.717, 1.165) is 0 Å². The first-order valence-corrected chi connectivity index (χ1v) is 5.72. The first kappa shape index (κ1) is 13.9. The van der Waals surface area contributed by atoms with Gasteiger partial charge < -0.3 is 19.9 Å². The van der Waals surface area contributed by atoms with Crippen molar-refractivity contribution in [1.29, 1.82) is 0 Å². The predicted octanol–water partition coefficient (Wildman–Crippen LogP) is 0.0173. The maximum Gasteiger partial charge on any atom is 0.305 e. The molecular weight excluding hydrogens is 226 g/mol. The maximum absolute atomic E-state index is 11.8. The molecule has 0 aromatic heterocycles. The number of carbonyl (C=O) groups is 2. The van der Waals surface area contributed by atoms with Gasteiger partial charge in [-0.25, -0.2) is 0 Å². The summed E-state index contributed by atoms with van der Waals surface area (Å²) in [6.45, 7) is 4.85. The molecule has 6 heteroatoms. The Labute approximate surface area is 100 Å². The van der Waals surface area contributed by atoms with Crippen LogP contribution in [0.2, 0.25) is 0 Å². The van der Waals surface area contributed by atoms with Crippen molar-refractivity contribution in [2.24, 2.45) is 5.92 Å². The van der Waals surface area contributed by atoms with Crippen LogP contribution in [0.3, 0.4) is 0 Å². The summed E-state index contributed by atoms with van der Waals surface area (Å²) < 4.78 is 10.4. The Morgan fingerprint density at radius 1 is 1.41 bits per heavy atom. The van der Waals surface area contributed by atoms with Crippen LogP contribution in [0.5, 0.6) is 0 Å². The highest BCUT2D eigenvalue weighted by atomic mass is 16.6. The maximum atomic E-state index is 11.8. The lowest BCUT2D eigenvalue weighted by Gasteiger charge is -2.26. The smallest absolute Gasteiger partial charge is 0.305 e. The average Bonchev–Trinajstić information content (AvgIpc) is 2.28. The molecule has 1 aliphatic heterocycles. The molecule has 0 radical (unpaired) electrons. The molecule has 0 aromatic rings. The molecule has 1 rings (SSSR count). The Morgan fingerprint density at radius 3 is 2.59 bits per heavy atom. The van der Waals surface area contributed by atoms with Crippen molar-refractivity contribution in [3.63, 3.8) is 0 Å². The van der Waals surface area contributed by atoms with Gasteiger partial charge in [0.25, 0.3) is 5.91 Å². The summed E-state index contributed by atoms with van der Waals surface area (Å²) in [5, 5.41) is 11.4. The lowest BCUT2D eigenvalue weighted by atomic mass is 10.0. The van der Waals surface area contributed by atoms with Gasteiger partial charge in [0.2, 0.25) is 0 Å². The fourth-order valence-corrected chi connectivity index (χ4v) is 1.56. The number of ether oxygens (including phenoxy) is 2. The van der Waals surface area contributed by atoms with Crippen molar-refractivity contribution in [1.82, 2.24) is 5.32 Å². The van der Waals surface area contributed by atoms with Crippen molar-refractivity contribution in [2.45, 2.75) is 32.4 Å². The number of hydrogen-bond donors (Lipinski definition) is 2. The fourth-order valence-electron chi connectivity index (χ4n) is 1.56. The van der Waals surface area contributed by atoms with E-state index >= 15 is 0 Å². The largest absolute Gasteiger partial charge is 0.481 e. The van der Waals surface area contributed by atoms with Gasteiger partial charge in [0, 0.05) is 6.04 Å².